The van der Waals surface area contributed by atoms with Gasteiger partial charge in [-0.2, -0.15) is 0 Å². The van der Waals surface area contributed by atoms with Gasteiger partial charge in [-0.25, -0.2) is 43.1 Å². The lowest BCUT2D eigenvalue weighted by atomic mass is 10.1. The Kier molecular flexibility index (Phi) is 14.8. The molecule has 0 amide bonds. The highest BCUT2D eigenvalue weighted by Crippen LogP contribution is 2.35. The van der Waals surface area contributed by atoms with E-state index in [1.165, 1.54) is 36.4 Å². The first-order valence-corrected chi connectivity index (χ1v) is 25.3. The van der Waals surface area contributed by atoms with Crippen molar-refractivity contribution in [1.29, 1.82) is 0 Å². The fourth-order valence-electron chi connectivity index (χ4n) is 7.53. The van der Waals surface area contributed by atoms with E-state index >= 15 is 13.2 Å². The number of halogens is 3. The molecule has 0 aliphatic rings. The van der Waals surface area contributed by atoms with Gasteiger partial charge in [-0.1, -0.05) is 97.8 Å². The van der Waals surface area contributed by atoms with Crippen molar-refractivity contribution in [3.05, 3.63) is 53.8 Å². The molecule has 60 heavy (non-hydrogen) atoms. The van der Waals surface area contributed by atoms with Gasteiger partial charge in [-0.15, -0.1) is 0 Å². The van der Waals surface area contributed by atoms with Crippen LogP contribution < -0.4 is 0 Å². The summed E-state index contributed by atoms with van der Waals surface area (Å²) in [5.41, 5.74) is 2.57. The zero-order valence-electron chi connectivity index (χ0n) is 34.5. The minimum absolute atomic E-state index is 0.0247. The molecule has 0 aliphatic heterocycles. The van der Waals surface area contributed by atoms with Gasteiger partial charge < -0.3 is 0 Å². The molecule has 3 aromatic heterocycles. The quantitative estimate of drug-likeness (QED) is 0.0393. The minimum Gasteiger partial charge on any atom is -0.254 e. The fourth-order valence-corrected chi connectivity index (χ4v) is 11.1. The molecular weight excluding hydrogens is 826 g/mol. The highest BCUT2D eigenvalue weighted by Gasteiger charge is 2.23. The van der Waals surface area contributed by atoms with Crippen LogP contribution in [-0.4, -0.2) is 59.8 Å². The number of hydrogen-bond acceptors (Lipinski definition) is 9. The summed E-state index contributed by atoms with van der Waals surface area (Å²) in [6.45, 7) is 6.36. The first-order chi connectivity index (χ1) is 29.1. The van der Waals surface area contributed by atoms with Crippen molar-refractivity contribution in [1.82, 2.24) is 29.9 Å². The summed E-state index contributed by atoms with van der Waals surface area (Å²) in [4.78, 5) is 29.3. The van der Waals surface area contributed by atoms with Crippen LogP contribution in [0.25, 0.3) is 66.2 Å². The maximum atomic E-state index is 15.7. The topological polar surface area (TPSA) is 129 Å². The first-order valence-electron chi connectivity index (χ1n) is 21.3. The molecule has 0 N–H and O–H groups in total. The molecule has 15 heteroatoms. The van der Waals surface area contributed by atoms with E-state index in [1.54, 1.807) is 0 Å². The zero-order valence-corrected chi connectivity index (χ0v) is 36.9. The minimum atomic E-state index is -1.62. The Morgan fingerprint density at radius 3 is 0.800 bits per heavy atom. The fraction of sp³-hybridized carbons (Fsp3) is 0.467. The molecule has 0 radical (unpaired) electrons. The van der Waals surface area contributed by atoms with E-state index in [0.717, 1.165) is 77.0 Å². The molecule has 0 fully saturated rings. The molecular formula is C45H51F3N6O3S3. The maximum absolute atomic E-state index is 15.7. The van der Waals surface area contributed by atoms with E-state index < -0.39 is 49.9 Å². The van der Waals surface area contributed by atoms with Crippen molar-refractivity contribution >= 4 is 98.6 Å². The van der Waals surface area contributed by atoms with Gasteiger partial charge in [-0.3, -0.25) is 12.6 Å². The lowest BCUT2D eigenvalue weighted by Crippen LogP contribution is -2.05. The molecule has 7 rings (SSSR count). The molecule has 3 heterocycles. The highest BCUT2D eigenvalue weighted by atomic mass is 32.2. The monoisotopic (exact) mass is 876 g/mol. The van der Waals surface area contributed by atoms with Crippen LogP contribution in [-0.2, 0) is 32.4 Å². The van der Waals surface area contributed by atoms with E-state index in [9.17, 15) is 12.6 Å². The number of benzene rings is 4. The summed E-state index contributed by atoms with van der Waals surface area (Å²) < 4.78 is 87.0. The Labute approximate surface area is 355 Å². The Bertz CT molecular complexity index is 2790. The SMILES string of the molecule is CCCCCCCS(=O)c1cc2nc3c(nc2cc1F)c1nc2cc(F)c(S(=O)CCCCCCC)cc2nc1c1nc2cc(S(=O)CCCCCCC)c(F)cc2nc31. The van der Waals surface area contributed by atoms with Crippen LogP contribution in [0, 0.1) is 17.5 Å². The summed E-state index contributed by atoms with van der Waals surface area (Å²) >= 11 is 0. The lowest BCUT2D eigenvalue weighted by molar-refractivity contribution is 0.594. The molecule has 0 bridgehead atoms. The van der Waals surface area contributed by atoms with Crippen molar-refractivity contribution in [3.8, 4) is 0 Å². The molecule has 318 valence electrons. The molecule has 7 aromatic rings. The van der Waals surface area contributed by atoms with Gasteiger partial charge in [0.25, 0.3) is 0 Å². The molecule has 0 spiro atoms. The van der Waals surface area contributed by atoms with Crippen LogP contribution in [0.4, 0.5) is 13.2 Å². The van der Waals surface area contributed by atoms with Crippen LogP contribution in [0.15, 0.2) is 51.1 Å². The zero-order chi connectivity index (χ0) is 42.3. The van der Waals surface area contributed by atoms with Crippen LogP contribution in [0.1, 0.15) is 117 Å². The average molecular weight is 877 g/mol. The number of unbranched alkanes of at least 4 members (excludes halogenated alkanes) is 12. The van der Waals surface area contributed by atoms with Gasteiger partial charge in [0, 0.05) is 35.5 Å². The van der Waals surface area contributed by atoms with E-state index in [1.807, 2.05) is 0 Å². The molecule has 0 aliphatic carbocycles. The molecule has 4 aromatic carbocycles. The summed E-state index contributed by atoms with van der Waals surface area (Å²) in [6, 6.07) is 7.98. The first kappa shape index (κ1) is 44.0. The van der Waals surface area contributed by atoms with Gasteiger partial charge in [0.1, 0.15) is 50.6 Å². The maximum Gasteiger partial charge on any atom is 0.141 e. The van der Waals surface area contributed by atoms with Crippen molar-refractivity contribution < 1.29 is 25.8 Å². The van der Waals surface area contributed by atoms with Crippen LogP contribution in [0.2, 0.25) is 0 Å². The summed E-state index contributed by atoms with van der Waals surface area (Å²) in [5, 5.41) is 0. The number of fused-ring (bicyclic) bond motifs is 9. The van der Waals surface area contributed by atoms with Crippen LogP contribution >= 0.6 is 0 Å². The standard InChI is InChI=1S/C45H51F3N6O3S3/c1-4-7-10-13-16-19-58(55)37-25-34-31(22-28(37)46)49-40-41-44(53-35-26-38(29(47)23-32(35)50-41)59(56)20-17-14-11-8-5-2)45-42(43(40)52-34)51-33-24-30(48)39(27-36(33)54-45)60(57)21-18-15-12-9-6-3/h22-27H,4-21H2,1-3H3. The van der Waals surface area contributed by atoms with Crippen molar-refractivity contribution in [2.24, 2.45) is 0 Å². The number of hydrogen-bond donors (Lipinski definition) is 0. The predicted molar refractivity (Wildman–Crippen MR) is 238 cm³/mol. The third kappa shape index (κ3) is 9.68. The largest absolute Gasteiger partial charge is 0.254 e. The van der Waals surface area contributed by atoms with Crippen LogP contribution in [0.3, 0.4) is 0 Å². The molecule has 3 atom stereocenters. The van der Waals surface area contributed by atoms with E-state index in [0.29, 0.717) is 36.5 Å². The lowest BCUT2D eigenvalue weighted by Gasteiger charge is -2.12. The highest BCUT2D eigenvalue weighted by molar-refractivity contribution is 7.85. The van der Waals surface area contributed by atoms with Crippen LogP contribution in [0.5, 0.6) is 0 Å². The van der Waals surface area contributed by atoms with Gasteiger partial charge in [0.2, 0.25) is 0 Å². The van der Waals surface area contributed by atoms with Crippen molar-refractivity contribution in [2.75, 3.05) is 17.3 Å². The Balaban J connectivity index is 1.39. The summed E-state index contributed by atoms with van der Waals surface area (Å²) in [5.74, 6) is -1.08. The Morgan fingerprint density at radius 2 is 0.567 bits per heavy atom. The third-order valence-corrected chi connectivity index (χ3v) is 15.3. The average Bonchev–Trinajstić information content (AvgIpc) is 3.23. The number of rotatable bonds is 21. The second kappa shape index (κ2) is 20.2. The van der Waals surface area contributed by atoms with E-state index in [4.69, 9.17) is 29.9 Å². The van der Waals surface area contributed by atoms with E-state index in [2.05, 4.69) is 20.8 Å². The van der Waals surface area contributed by atoms with Gasteiger partial charge in [-0.05, 0) is 37.5 Å². The normalized spacial score (nSPS) is 13.7. The molecule has 0 saturated carbocycles. The smallest absolute Gasteiger partial charge is 0.141 e. The van der Waals surface area contributed by atoms with Crippen molar-refractivity contribution in [3.63, 3.8) is 0 Å². The van der Waals surface area contributed by atoms with Gasteiger partial charge in [0.15, 0.2) is 0 Å². The second-order valence-corrected chi connectivity index (χ2v) is 20.1. The Morgan fingerprint density at radius 1 is 0.350 bits per heavy atom. The predicted octanol–water partition coefficient (Wildman–Crippen LogP) is 11.6. The summed E-state index contributed by atoms with van der Waals surface area (Å²) in [6.07, 6.45) is 14.4. The van der Waals surface area contributed by atoms with Gasteiger partial charge in [0.05, 0.1) is 80.2 Å². The second-order valence-electron chi connectivity index (χ2n) is 15.5. The van der Waals surface area contributed by atoms with Crippen molar-refractivity contribution in [2.45, 2.75) is 132 Å². The number of nitrogens with zero attached hydrogens (tertiary/aromatic N) is 6. The molecule has 3 unspecified atom stereocenters. The Hall–Kier alpha value is -4.08. The summed E-state index contributed by atoms with van der Waals surface area (Å²) in [7, 11) is -4.84. The van der Waals surface area contributed by atoms with Gasteiger partial charge >= 0.3 is 0 Å². The van der Waals surface area contributed by atoms with E-state index in [-0.39, 0.29) is 80.9 Å². The molecule has 0 saturated heterocycles. The molecule has 9 nitrogen and oxygen atoms in total. The number of aromatic nitrogens is 6. The third-order valence-electron chi connectivity index (χ3n) is 10.9.